The summed E-state index contributed by atoms with van der Waals surface area (Å²) in [5.41, 5.74) is 0. The molecule has 2 atom stereocenters. The first-order valence-electron chi connectivity index (χ1n) is 5.87. The molecule has 0 radical (unpaired) electrons. The minimum absolute atomic E-state index is 0.129. The largest absolute Gasteiger partial charge is 0.331 e. The zero-order valence-corrected chi connectivity index (χ0v) is 10.7. The van der Waals surface area contributed by atoms with Crippen LogP contribution in [0.2, 0.25) is 0 Å². The molecule has 88 valence electrons. The predicted octanol–water partition coefficient (Wildman–Crippen LogP) is 2.42. The molecule has 0 aliphatic heterocycles. The van der Waals surface area contributed by atoms with Gasteiger partial charge >= 0.3 is 6.03 Å². The fourth-order valence-corrected chi connectivity index (χ4v) is 2.42. The molecule has 0 heterocycles. The summed E-state index contributed by atoms with van der Waals surface area (Å²) in [5.74, 6) is 1.55. The van der Waals surface area contributed by atoms with Crippen molar-refractivity contribution in [2.45, 2.75) is 39.2 Å². The number of nitrogens with zero attached hydrogens (tertiary/aromatic N) is 2. The van der Waals surface area contributed by atoms with Gasteiger partial charge in [0.2, 0.25) is 0 Å². The Labute approximate surface area is 93.4 Å². The second-order valence-corrected chi connectivity index (χ2v) is 5.26. The van der Waals surface area contributed by atoms with Crippen LogP contribution in [0.15, 0.2) is 0 Å². The van der Waals surface area contributed by atoms with Crippen molar-refractivity contribution < 1.29 is 4.79 Å². The zero-order valence-electron chi connectivity index (χ0n) is 10.7. The minimum Gasteiger partial charge on any atom is -0.331 e. The molecule has 15 heavy (non-hydrogen) atoms. The number of urea groups is 1. The van der Waals surface area contributed by atoms with E-state index in [0.29, 0.717) is 6.04 Å². The summed E-state index contributed by atoms with van der Waals surface area (Å²) in [6, 6.07) is 0.580. The second kappa shape index (κ2) is 4.86. The molecule has 1 rings (SSSR count). The van der Waals surface area contributed by atoms with Crippen LogP contribution < -0.4 is 0 Å². The van der Waals surface area contributed by atoms with Crippen LogP contribution in [0.5, 0.6) is 0 Å². The molecule has 0 aromatic carbocycles. The highest BCUT2D eigenvalue weighted by Crippen LogP contribution is 2.33. The van der Waals surface area contributed by atoms with Gasteiger partial charge in [0.1, 0.15) is 0 Å². The predicted molar refractivity (Wildman–Crippen MR) is 62.8 cm³/mol. The number of rotatable bonds is 2. The summed E-state index contributed by atoms with van der Waals surface area (Å²) in [6.45, 7) is 4.56. The Morgan fingerprint density at radius 1 is 1.20 bits per heavy atom. The number of hydrogen-bond acceptors (Lipinski definition) is 1. The molecule has 2 unspecified atom stereocenters. The summed E-state index contributed by atoms with van der Waals surface area (Å²) in [7, 11) is 5.55. The average molecular weight is 212 g/mol. The molecule has 2 amide bonds. The molecule has 1 aliphatic rings. The van der Waals surface area contributed by atoms with Crippen LogP contribution in [0.3, 0.4) is 0 Å². The van der Waals surface area contributed by atoms with Gasteiger partial charge in [0.15, 0.2) is 0 Å². The van der Waals surface area contributed by atoms with Gasteiger partial charge in [-0.2, -0.15) is 0 Å². The number of hydrogen-bond donors (Lipinski definition) is 0. The maximum Gasteiger partial charge on any atom is 0.319 e. The molecule has 1 aliphatic carbocycles. The van der Waals surface area contributed by atoms with Crippen molar-refractivity contribution in [1.82, 2.24) is 9.80 Å². The topological polar surface area (TPSA) is 23.6 Å². The molecule has 0 saturated heterocycles. The molecule has 0 spiro atoms. The van der Waals surface area contributed by atoms with E-state index in [4.69, 9.17) is 0 Å². The van der Waals surface area contributed by atoms with Gasteiger partial charge in [0.25, 0.3) is 0 Å². The first-order valence-corrected chi connectivity index (χ1v) is 5.87. The molecular formula is C12H24N2O. The summed E-state index contributed by atoms with van der Waals surface area (Å²) in [5, 5.41) is 0. The number of carbonyl (C=O) groups excluding carboxylic acids is 1. The summed E-state index contributed by atoms with van der Waals surface area (Å²) in [6.07, 6.45) is 3.61. The van der Waals surface area contributed by atoms with E-state index in [1.807, 2.05) is 26.0 Å². The molecule has 1 saturated carbocycles. The van der Waals surface area contributed by atoms with Crippen molar-refractivity contribution in [3.63, 3.8) is 0 Å². The van der Waals surface area contributed by atoms with Gasteiger partial charge in [-0.1, -0.05) is 13.8 Å². The van der Waals surface area contributed by atoms with E-state index in [2.05, 4.69) is 13.8 Å². The lowest BCUT2D eigenvalue weighted by Crippen LogP contribution is -2.42. The van der Waals surface area contributed by atoms with Crippen LogP contribution >= 0.6 is 0 Å². The monoisotopic (exact) mass is 212 g/mol. The molecule has 0 aromatic rings. The molecule has 3 heteroatoms. The van der Waals surface area contributed by atoms with Gasteiger partial charge in [0.05, 0.1) is 0 Å². The summed E-state index contributed by atoms with van der Waals surface area (Å²) in [4.78, 5) is 15.3. The number of carbonyl (C=O) groups is 1. The van der Waals surface area contributed by atoms with Crippen molar-refractivity contribution in [2.24, 2.45) is 11.8 Å². The van der Waals surface area contributed by atoms with Crippen LogP contribution in [-0.2, 0) is 0 Å². The normalized spacial score (nSPS) is 25.7. The van der Waals surface area contributed by atoms with E-state index in [0.717, 1.165) is 11.8 Å². The summed E-state index contributed by atoms with van der Waals surface area (Å²) < 4.78 is 0. The SMILES string of the molecule is CC(C)C1CCC(N(C)C(=O)N(C)C)C1. The first-order chi connectivity index (χ1) is 6.93. The maximum atomic E-state index is 11.8. The van der Waals surface area contributed by atoms with E-state index in [1.54, 1.807) is 4.90 Å². The molecule has 0 N–H and O–H groups in total. The molecule has 3 nitrogen and oxygen atoms in total. The fourth-order valence-electron chi connectivity index (χ4n) is 2.42. The van der Waals surface area contributed by atoms with Gasteiger partial charge in [-0.15, -0.1) is 0 Å². The quantitative estimate of drug-likeness (QED) is 0.689. The Morgan fingerprint density at radius 2 is 1.80 bits per heavy atom. The Balaban J connectivity index is 2.50. The van der Waals surface area contributed by atoms with E-state index in [1.165, 1.54) is 19.3 Å². The van der Waals surface area contributed by atoms with E-state index in [9.17, 15) is 4.79 Å². The van der Waals surface area contributed by atoms with Gasteiger partial charge < -0.3 is 9.80 Å². The highest BCUT2D eigenvalue weighted by molar-refractivity contribution is 5.73. The fraction of sp³-hybridized carbons (Fsp3) is 0.917. The Kier molecular flexibility index (Phi) is 4.00. The maximum absolute atomic E-state index is 11.8. The summed E-state index contributed by atoms with van der Waals surface area (Å²) >= 11 is 0. The molecule has 1 fully saturated rings. The molecular weight excluding hydrogens is 188 g/mol. The van der Waals surface area contributed by atoms with Gasteiger partial charge in [-0.3, -0.25) is 0 Å². The Morgan fingerprint density at radius 3 is 2.20 bits per heavy atom. The van der Waals surface area contributed by atoms with E-state index >= 15 is 0 Å². The second-order valence-electron chi connectivity index (χ2n) is 5.26. The number of amides is 2. The lowest BCUT2D eigenvalue weighted by Gasteiger charge is -2.28. The standard InChI is InChI=1S/C12H24N2O/c1-9(2)10-6-7-11(8-10)14(5)12(15)13(3)4/h9-11H,6-8H2,1-5H3. The smallest absolute Gasteiger partial charge is 0.319 e. The van der Waals surface area contributed by atoms with Gasteiger partial charge in [-0.05, 0) is 31.1 Å². The van der Waals surface area contributed by atoms with Crippen LogP contribution in [0.4, 0.5) is 4.79 Å². The van der Waals surface area contributed by atoms with Crippen LogP contribution in [0, 0.1) is 11.8 Å². The van der Waals surface area contributed by atoms with Crippen molar-refractivity contribution in [3.8, 4) is 0 Å². The Bertz CT molecular complexity index is 226. The van der Waals surface area contributed by atoms with E-state index < -0.39 is 0 Å². The lowest BCUT2D eigenvalue weighted by atomic mass is 9.94. The van der Waals surface area contributed by atoms with Gasteiger partial charge in [-0.25, -0.2) is 4.79 Å². The minimum atomic E-state index is 0.129. The van der Waals surface area contributed by atoms with Gasteiger partial charge in [0, 0.05) is 27.2 Å². The third-order valence-electron chi connectivity index (χ3n) is 3.62. The van der Waals surface area contributed by atoms with Crippen molar-refractivity contribution in [3.05, 3.63) is 0 Å². The van der Waals surface area contributed by atoms with Crippen LogP contribution in [-0.4, -0.2) is 43.0 Å². The zero-order chi connectivity index (χ0) is 11.6. The first kappa shape index (κ1) is 12.3. The van der Waals surface area contributed by atoms with Crippen LogP contribution in [0.25, 0.3) is 0 Å². The third kappa shape index (κ3) is 2.86. The van der Waals surface area contributed by atoms with E-state index in [-0.39, 0.29) is 6.03 Å². The van der Waals surface area contributed by atoms with Crippen molar-refractivity contribution in [2.75, 3.05) is 21.1 Å². The highest BCUT2D eigenvalue weighted by Gasteiger charge is 2.31. The lowest BCUT2D eigenvalue weighted by molar-refractivity contribution is 0.162. The molecule has 0 bridgehead atoms. The van der Waals surface area contributed by atoms with Crippen LogP contribution in [0.1, 0.15) is 33.1 Å². The van der Waals surface area contributed by atoms with Crippen molar-refractivity contribution >= 4 is 6.03 Å². The Hall–Kier alpha value is -0.730. The third-order valence-corrected chi connectivity index (χ3v) is 3.62. The van der Waals surface area contributed by atoms with Crippen molar-refractivity contribution in [1.29, 1.82) is 0 Å². The molecule has 0 aromatic heterocycles. The highest BCUT2D eigenvalue weighted by atomic mass is 16.2. The average Bonchev–Trinajstić information content (AvgIpc) is 2.64.